The number of alkyl halides is 2. The first-order chi connectivity index (χ1) is 5.01. The monoisotopic (exact) mass is 162 g/mol. The number of rotatable bonds is 0. The molecule has 0 atom stereocenters. The molecule has 0 aliphatic carbocycles. The van der Waals surface area contributed by atoms with Crippen LogP contribution in [0.4, 0.5) is 8.78 Å². The summed E-state index contributed by atoms with van der Waals surface area (Å²) in [5, 5.41) is 0. The van der Waals surface area contributed by atoms with E-state index in [2.05, 4.69) is 6.92 Å². The molecule has 1 heterocycles. The van der Waals surface area contributed by atoms with Crippen LogP contribution in [0.2, 0.25) is 0 Å². The number of amides is 1. The SMILES string of the molecule is [CH2]C(=O)N1CCC(F)(F)CC1. The summed E-state index contributed by atoms with van der Waals surface area (Å²) in [6, 6.07) is 0. The van der Waals surface area contributed by atoms with Gasteiger partial charge in [-0.3, -0.25) is 4.79 Å². The fourth-order valence-corrected chi connectivity index (χ4v) is 1.08. The van der Waals surface area contributed by atoms with Crippen molar-refractivity contribution in [3.8, 4) is 0 Å². The van der Waals surface area contributed by atoms with E-state index in [9.17, 15) is 13.6 Å². The number of hydrogen-bond donors (Lipinski definition) is 0. The van der Waals surface area contributed by atoms with E-state index >= 15 is 0 Å². The van der Waals surface area contributed by atoms with E-state index in [1.807, 2.05) is 0 Å². The molecule has 0 unspecified atom stereocenters. The molecule has 1 aliphatic heterocycles. The van der Waals surface area contributed by atoms with Crippen molar-refractivity contribution in [2.75, 3.05) is 13.1 Å². The van der Waals surface area contributed by atoms with Crippen LogP contribution in [0.15, 0.2) is 0 Å². The smallest absolute Gasteiger partial charge is 0.251 e. The highest BCUT2D eigenvalue weighted by atomic mass is 19.3. The Labute approximate surface area is 64.2 Å². The van der Waals surface area contributed by atoms with Crippen LogP contribution in [0.5, 0.6) is 0 Å². The van der Waals surface area contributed by atoms with Gasteiger partial charge < -0.3 is 4.90 Å². The summed E-state index contributed by atoms with van der Waals surface area (Å²) in [6.45, 7) is 3.42. The Morgan fingerprint density at radius 3 is 2.18 bits per heavy atom. The van der Waals surface area contributed by atoms with E-state index in [1.54, 1.807) is 0 Å². The number of halogens is 2. The molecule has 4 heteroatoms. The summed E-state index contributed by atoms with van der Waals surface area (Å²) in [4.78, 5) is 11.9. The lowest BCUT2D eigenvalue weighted by Crippen LogP contribution is -2.41. The molecule has 1 saturated heterocycles. The Balaban J connectivity index is 2.42. The lowest BCUT2D eigenvalue weighted by Gasteiger charge is -2.30. The first-order valence-electron chi connectivity index (χ1n) is 3.50. The quantitative estimate of drug-likeness (QED) is 0.522. The predicted octanol–water partition coefficient (Wildman–Crippen LogP) is 1.08. The van der Waals surface area contributed by atoms with Gasteiger partial charge in [-0.25, -0.2) is 8.78 Å². The van der Waals surface area contributed by atoms with Crippen LogP contribution in [-0.4, -0.2) is 29.8 Å². The third-order valence-corrected chi connectivity index (χ3v) is 1.85. The van der Waals surface area contributed by atoms with Crippen molar-refractivity contribution in [1.29, 1.82) is 0 Å². The molecule has 0 spiro atoms. The van der Waals surface area contributed by atoms with Gasteiger partial charge in [0.2, 0.25) is 5.91 Å². The summed E-state index contributed by atoms with van der Waals surface area (Å²) >= 11 is 0. The minimum Gasteiger partial charge on any atom is -0.342 e. The summed E-state index contributed by atoms with van der Waals surface area (Å²) in [7, 11) is 0. The number of nitrogens with zero attached hydrogens (tertiary/aromatic N) is 1. The Morgan fingerprint density at radius 2 is 1.82 bits per heavy atom. The highest BCUT2D eigenvalue weighted by Gasteiger charge is 2.34. The molecule has 1 fully saturated rings. The van der Waals surface area contributed by atoms with Gasteiger partial charge in [0.05, 0.1) is 0 Å². The first-order valence-corrected chi connectivity index (χ1v) is 3.50. The van der Waals surface area contributed by atoms with Gasteiger partial charge in [0, 0.05) is 32.9 Å². The summed E-state index contributed by atoms with van der Waals surface area (Å²) in [5.41, 5.74) is 0. The zero-order valence-corrected chi connectivity index (χ0v) is 6.15. The standard InChI is InChI=1S/C7H10F2NO/c1-6(11)10-4-2-7(8,9)3-5-10/h1-5H2. The lowest BCUT2D eigenvalue weighted by molar-refractivity contribution is -0.132. The second-order valence-electron chi connectivity index (χ2n) is 2.74. The van der Waals surface area contributed by atoms with Gasteiger partial charge in [0.1, 0.15) is 0 Å². The largest absolute Gasteiger partial charge is 0.342 e. The average Bonchev–Trinajstić information content (AvgIpc) is 1.86. The van der Waals surface area contributed by atoms with Crippen LogP contribution in [0, 0.1) is 6.92 Å². The second kappa shape index (κ2) is 2.75. The molecule has 0 N–H and O–H groups in total. The molecule has 1 radical (unpaired) electrons. The highest BCUT2D eigenvalue weighted by molar-refractivity contribution is 5.80. The fourth-order valence-electron chi connectivity index (χ4n) is 1.08. The topological polar surface area (TPSA) is 20.3 Å². The maximum absolute atomic E-state index is 12.5. The van der Waals surface area contributed by atoms with Crippen LogP contribution < -0.4 is 0 Å². The molecule has 1 amide bonds. The Kier molecular flexibility index (Phi) is 2.11. The number of likely N-dealkylation sites (tertiary alicyclic amines) is 1. The van der Waals surface area contributed by atoms with Gasteiger partial charge in [-0.15, -0.1) is 0 Å². The fraction of sp³-hybridized carbons (Fsp3) is 0.714. The molecule has 63 valence electrons. The van der Waals surface area contributed by atoms with E-state index in [4.69, 9.17) is 0 Å². The van der Waals surface area contributed by atoms with Crippen molar-refractivity contribution in [2.24, 2.45) is 0 Å². The first kappa shape index (κ1) is 8.43. The predicted molar refractivity (Wildman–Crippen MR) is 36.1 cm³/mol. The number of carbonyl (C=O) groups excluding carboxylic acids is 1. The van der Waals surface area contributed by atoms with Crippen molar-refractivity contribution in [2.45, 2.75) is 18.8 Å². The third kappa shape index (κ3) is 2.13. The molecule has 2 nitrogen and oxygen atoms in total. The summed E-state index contributed by atoms with van der Waals surface area (Å²) < 4.78 is 25.0. The van der Waals surface area contributed by atoms with Crippen LogP contribution in [-0.2, 0) is 4.79 Å². The molecule has 0 bridgehead atoms. The number of carbonyl (C=O) groups is 1. The van der Waals surface area contributed by atoms with E-state index in [-0.39, 0.29) is 31.8 Å². The van der Waals surface area contributed by atoms with Gasteiger partial charge in [0.25, 0.3) is 5.92 Å². The maximum atomic E-state index is 12.5. The molecular formula is C7H10F2NO. The Bertz CT molecular complexity index is 160. The maximum Gasteiger partial charge on any atom is 0.251 e. The van der Waals surface area contributed by atoms with Crippen molar-refractivity contribution in [1.82, 2.24) is 4.90 Å². The van der Waals surface area contributed by atoms with Gasteiger partial charge in [-0.05, 0) is 0 Å². The zero-order valence-electron chi connectivity index (χ0n) is 6.15. The molecule has 11 heavy (non-hydrogen) atoms. The Morgan fingerprint density at radius 1 is 1.36 bits per heavy atom. The van der Waals surface area contributed by atoms with Crippen LogP contribution in [0.25, 0.3) is 0 Å². The van der Waals surface area contributed by atoms with Gasteiger partial charge in [-0.2, -0.15) is 0 Å². The molecule has 0 aromatic carbocycles. The van der Waals surface area contributed by atoms with Crippen LogP contribution in [0.1, 0.15) is 12.8 Å². The molecule has 0 saturated carbocycles. The van der Waals surface area contributed by atoms with E-state index in [1.165, 1.54) is 4.90 Å². The number of piperidine rings is 1. The summed E-state index contributed by atoms with van der Waals surface area (Å²) in [6.07, 6.45) is -0.456. The van der Waals surface area contributed by atoms with Crippen molar-refractivity contribution >= 4 is 5.91 Å². The van der Waals surface area contributed by atoms with Crippen molar-refractivity contribution in [3.05, 3.63) is 6.92 Å². The van der Waals surface area contributed by atoms with Gasteiger partial charge in [0.15, 0.2) is 0 Å². The normalized spacial score (nSPS) is 23.4. The lowest BCUT2D eigenvalue weighted by atomic mass is 10.1. The van der Waals surface area contributed by atoms with Crippen molar-refractivity contribution < 1.29 is 13.6 Å². The van der Waals surface area contributed by atoms with Crippen LogP contribution in [0.3, 0.4) is 0 Å². The zero-order chi connectivity index (χ0) is 8.48. The minimum absolute atomic E-state index is 0.134. The van der Waals surface area contributed by atoms with Crippen LogP contribution >= 0.6 is 0 Å². The molecule has 1 rings (SSSR count). The number of hydrogen-bond acceptors (Lipinski definition) is 1. The highest BCUT2D eigenvalue weighted by Crippen LogP contribution is 2.27. The second-order valence-corrected chi connectivity index (χ2v) is 2.74. The molecule has 0 aromatic heterocycles. The summed E-state index contributed by atoms with van der Waals surface area (Å²) in [5.74, 6) is -2.94. The third-order valence-electron chi connectivity index (χ3n) is 1.85. The average molecular weight is 162 g/mol. The van der Waals surface area contributed by atoms with Gasteiger partial charge >= 0.3 is 0 Å². The van der Waals surface area contributed by atoms with Gasteiger partial charge in [-0.1, -0.05) is 0 Å². The minimum atomic E-state index is -2.58. The molecule has 1 aliphatic rings. The van der Waals surface area contributed by atoms with E-state index < -0.39 is 5.92 Å². The van der Waals surface area contributed by atoms with E-state index in [0.29, 0.717) is 0 Å². The molecule has 0 aromatic rings. The van der Waals surface area contributed by atoms with Crippen molar-refractivity contribution in [3.63, 3.8) is 0 Å². The Hall–Kier alpha value is -0.670. The molecular weight excluding hydrogens is 152 g/mol. The van der Waals surface area contributed by atoms with E-state index in [0.717, 1.165) is 0 Å².